The number of benzene rings is 1. The van der Waals surface area contributed by atoms with E-state index in [1.807, 2.05) is 6.08 Å². The van der Waals surface area contributed by atoms with E-state index in [1.54, 1.807) is 0 Å². The lowest BCUT2D eigenvalue weighted by atomic mass is 10.1. The average molecular weight is 216 g/mol. The molecule has 0 aliphatic heterocycles. The predicted molar refractivity (Wildman–Crippen MR) is 44.3 cm³/mol. The summed E-state index contributed by atoms with van der Waals surface area (Å²) in [6, 6.07) is 4.66. The smallest absolute Gasteiger partial charge is 0.468 e. The van der Waals surface area contributed by atoms with Gasteiger partial charge in [-0.3, -0.25) is 0 Å². The molecule has 0 aliphatic rings. The first kappa shape index (κ1) is 11.3. The Labute approximate surface area is 84.6 Å². The van der Waals surface area contributed by atoms with E-state index in [9.17, 15) is 18.3 Å². The lowest BCUT2D eigenvalue weighted by Gasteiger charge is -2.04. The van der Waals surface area contributed by atoms with Crippen LogP contribution < -0.4 is 5.11 Å². The second kappa shape index (κ2) is 4.19. The Kier molecular flexibility index (Phi) is 3.17. The molecule has 0 aromatic heterocycles. The molecule has 0 aliphatic carbocycles. The van der Waals surface area contributed by atoms with Gasteiger partial charge in [-0.05, 0) is 19.2 Å². The van der Waals surface area contributed by atoms with Crippen LogP contribution in [0, 0.1) is 6.08 Å². The molecule has 1 aromatic rings. The summed E-state index contributed by atoms with van der Waals surface area (Å²) in [4.78, 5) is 0. The maximum atomic E-state index is 12.4. The normalized spacial score (nSPS) is 12.1. The third-order valence-corrected chi connectivity index (χ3v) is 1.65. The minimum Gasteiger partial charge on any atom is -0.601 e. The predicted octanol–water partition coefficient (Wildman–Crippen LogP) is 1.70. The number of methoxy groups -OCH3 is 1. The molecule has 0 unspecified atom stereocenters. The highest BCUT2D eigenvalue weighted by molar-refractivity contribution is 5.34. The molecule has 0 heterocycles. The number of halogens is 3. The van der Waals surface area contributed by atoms with Gasteiger partial charge < -0.3 is 9.84 Å². The molecule has 0 spiro atoms. The molecule has 0 N–H and O–H groups in total. The average Bonchev–Trinajstić information content (AvgIpc) is 2.17. The Hall–Kier alpha value is -1.74. The maximum Gasteiger partial charge on any atom is 0.468 e. The van der Waals surface area contributed by atoms with Crippen LogP contribution in [0.1, 0.15) is 11.1 Å². The highest BCUT2D eigenvalue weighted by Gasteiger charge is 2.39. The Morgan fingerprint density at radius 1 is 1.33 bits per heavy atom. The van der Waals surface area contributed by atoms with E-state index in [0.29, 0.717) is 0 Å². The van der Waals surface area contributed by atoms with Crippen molar-refractivity contribution in [2.24, 2.45) is 0 Å². The fourth-order valence-corrected chi connectivity index (χ4v) is 1.00. The van der Waals surface area contributed by atoms with E-state index in [0.717, 1.165) is 19.2 Å². The largest absolute Gasteiger partial charge is 0.601 e. The van der Waals surface area contributed by atoms with Gasteiger partial charge in [-0.1, -0.05) is 0 Å². The van der Waals surface area contributed by atoms with Crippen molar-refractivity contribution in [3.8, 4) is 0 Å². The summed E-state index contributed by atoms with van der Waals surface area (Å²) in [7, 11) is 1.07. The van der Waals surface area contributed by atoms with Crippen LogP contribution in [0.3, 0.4) is 0 Å². The van der Waals surface area contributed by atoms with Crippen molar-refractivity contribution in [3.63, 3.8) is 0 Å². The Morgan fingerprint density at radius 2 is 1.93 bits per heavy atom. The summed E-state index contributed by atoms with van der Waals surface area (Å²) in [5.41, 5.74) is -1.23. The number of ether oxygens (including phenoxy) is 1. The minimum absolute atomic E-state index is 0.322. The molecule has 0 atom stereocenters. The van der Waals surface area contributed by atoms with Crippen LogP contribution in [0.2, 0.25) is 0 Å². The van der Waals surface area contributed by atoms with Gasteiger partial charge in [-0.2, -0.15) is 13.2 Å². The van der Waals surface area contributed by atoms with Crippen LogP contribution in [0.5, 0.6) is 0 Å². The fraction of sp³-hybridized carbons (Fsp3) is 0.200. The molecule has 1 rings (SSSR count). The Morgan fingerprint density at radius 3 is 2.47 bits per heavy atom. The van der Waals surface area contributed by atoms with Gasteiger partial charge in [0.2, 0.25) is 5.56 Å². The van der Waals surface area contributed by atoms with E-state index < -0.39 is 17.7 Å². The molecule has 0 saturated carbocycles. The molecular weight excluding hydrogens is 209 g/mol. The maximum absolute atomic E-state index is 12.4. The van der Waals surface area contributed by atoms with Crippen molar-refractivity contribution in [1.82, 2.24) is 0 Å². The van der Waals surface area contributed by atoms with E-state index in [4.69, 9.17) is 0 Å². The number of hydrogen-bond acceptors (Lipinski definition) is 2. The highest BCUT2D eigenvalue weighted by Crippen LogP contribution is 2.31. The van der Waals surface area contributed by atoms with Gasteiger partial charge in [-0.25, -0.2) is 0 Å². The van der Waals surface area contributed by atoms with Crippen molar-refractivity contribution in [1.29, 1.82) is 0 Å². The zero-order chi connectivity index (χ0) is 11.5. The molecule has 0 saturated heterocycles. The standard InChI is InChI=1S/C10H7F3O2/c1-15-9(14)6-7-4-2-3-5-8(7)10(11,12)13/h2-5H,1H3. The third kappa shape index (κ3) is 2.86. The van der Waals surface area contributed by atoms with Gasteiger partial charge in [0.1, 0.15) is 0 Å². The van der Waals surface area contributed by atoms with Crippen molar-refractivity contribution >= 4 is 0 Å². The number of rotatable bonds is 2. The quantitative estimate of drug-likeness (QED) is 0.556. The molecule has 0 amide bonds. The molecule has 0 radical (unpaired) electrons. The zero-order valence-corrected chi connectivity index (χ0v) is 7.76. The van der Waals surface area contributed by atoms with E-state index in [1.165, 1.54) is 12.1 Å². The number of hydrogen-bond donors (Lipinski definition) is 0. The molecule has 80 valence electrons. The second-order valence-electron chi connectivity index (χ2n) is 2.66. The summed E-state index contributed by atoms with van der Waals surface area (Å²) >= 11 is 0. The summed E-state index contributed by atoms with van der Waals surface area (Å²) in [6.45, 7) is 0. The summed E-state index contributed by atoms with van der Waals surface area (Å²) in [5, 5.41) is 10.8. The van der Waals surface area contributed by atoms with Crippen molar-refractivity contribution in [2.75, 3.05) is 7.11 Å². The van der Waals surface area contributed by atoms with E-state index >= 15 is 0 Å². The van der Waals surface area contributed by atoms with Gasteiger partial charge in [0, 0.05) is 6.07 Å². The van der Waals surface area contributed by atoms with Crippen molar-refractivity contribution in [3.05, 3.63) is 47.4 Å². The fourth-order valence-electron chi connectivity index (χ4n) is 1.00. The van der Waals surface area contributed by atoms with Gasteiger partial charge >= 0.3 is 6.18 Å². The summed E-state index contributed by atoms with van der Waals surface area (Å²) < 4.78 is 41.4. The van der Waals surface area contributed by atoms with Crippen LogP contribution in [0.4, 0.5) is 13.2 Å². The van der Waals surface area contributed by atoms with Gasteiger partial charge in [0.05, 0.1) is 12.1 Å². The SMILES string of the molecule is COC([O-])=[C+]c1ccccc1C(F)(F)F. The third-order valence-electron chi connectivity index (χ3n) is 1.65. The van der Waals surface area contributed by atoms with Gasteiger partial charge in [0.25, 0.3) is 0 Å². The van der Waals surface area contributed by atoms with Crippen LogP contribution in [0.15, 0.2) is 30.2 Å². The first-order chi connectivity index (χ1) is 6.95. The van der Waals surface area contributed by atoms with E-state index in [-0.39, 0.29) is 5.56 Å². The second-order valence-corrected chi connectivity index (χ2v) is 2.66. The minimum atomic E-state index is -4.50. The Balaban J connectivity index is 3.19. The molecular formula is C10H7F3O2. The first-order valence-corrected chi connectivity index (χ1v) is 3.96. The molecule has 5 heteroatoms. The Bertz CT molecular complexity index is 369. The monoisotopic (exact) mass is 216 g/mol. The van der Waals surface area contributed by atoms with Crippen LogP contribution in [-0.2, 0) is 10.9 Å². The number of alkyl halides is 3. The molecule has 1 aromatic carbocycles. The highest BCUT2D eigenvalue weighted by atomic mass is 19.4. The van der Waals surface area contributed by atoms with Gasteiger partial charge in [-0.15, -0.1) is 0 Å². The summed E-state index contributed by atoms with van der Waals surface area (Å²) in [6.07, 6.45) is -2.52. The van der Waals surface area contributed by atoms with E-state index in [2.05, 4.69) is 4.74 Å². The van der Waals surface area contributed by atoms with Crippen LogP contribution in [-0.4, -0.2) is 7.11 Å². The molecule has 0 fully saturated rings. The molecule has 0 bridgehead atoms. The molecule has 2 nitrogen and oxygen atoms in total. The summed E-state index contributed by atoms with van der Waals surface area (Å²) in [5.74, 6) is -0.938. The zero-order valence-electron chi connectivity index (χ0n) is 7.76. The lowest BCUT2D eigenvalue weighted by Crippen LogP contribution is -2.10. The van der Waals surface area contributed by atoms with Crippen molar-refractivity contribution in [2.45, 2.75) is 6.18 Å². The van der Waals surface area contributed by atoms with Crippen molar-refractivity contribution < 1.29 is 23.0 Å². The van der Waals surface area contributed by atoms with Crippen LogP contribution in [0.25, 0.3) is 0 Å². The lowest BCUT2D eigenvalue weighted by molar-refractivity contribution is -0.354. The topological polar surface area (TPSA) is 32.3 Å². The molecule has 15 heavy (non-hydrogen) atoms. The van der Waals surface area contributed by atoms with Gasteiger partial charge in [0.15, 0.2) is 11.5 Å². The first-order valence-electron chi connectivity index (χ1n) is 3.96. The van der Waals surface area contributed by atoms with Crippen LogP contribution >= 0.6 is 0 Å².